The average molecular weight is 185 g/mol. The Morgan fingerprint density at radius 1 is 1.38 bits per heavy atom. The normalized spacial score (nSPS) is 22.7. The van der Waals surface area contributed by atoms with E-state index in [1.54, 1.807) is 0 Å². The van der Waals surface area contributed by atoms with Gasteiger partial charge in [0.2, 0.25) is 0 Å². The number of carbonyl (C=O) groups excluding carboxylic acids is 1. The largest absolute Gasteiger partial charge is 0.462 e. The third-order valence-electron chi connectivity index (χ3n) is 2.75. The second-order valence-electron chi connectivity index (χ2n) is 3.99. The Labute approximate surface area is 79.6 Å². The molecule has 0 saturated heterocycles. The van der Waals surface area contributed by atoms with E-state index in [0.717, 1.165) is 12.8 Å². The summed E-state index contributed by atoms with van der Waals surface area (Å²) in [6.45, 7) is 3.66. The lowest BCUT2D eigenvalue weighted by atomic mass is 10.1. The number of carbonyl (C=O) groups is 1. The Balaban J connectivity index is 2.31. The lowest BCUT2D eigenvalue weighted by molar-refractivity contribution is -0.153. The Kier molecular flexibility index (Phi) is 3.72. The van der Waals surface area contributed by atoms with E-state index in [1.165, 1.54) is 12.8 Å². The molecule has 2 N–H and O–H groups in total. The summed E-state index contributed by atoms with van der Waals surface area (Å²) in [6.07, 6.45) is 4.58. The van der Waals surface area contributed by atoms with E-state index >= 15 is 0 Å². The third-order valence-corrected chi connectivity index (χ3v) is 2.75. The topological polar surface area (TPSA) is 52.3 Å². The maximum absolute atomic E-state index is 11.4. The molecule has 0 aromatic heterocycles. The molecular weight excluding hydrogens is 166 g/mol. The van der Waals surface area contributed by atoms with Gasteiger partial charge in [-0.1, -0.05) is 6.92 Å². The van der Waals surface area contributed by atoms with Crippen LogP contribution in [0, 0.1) is 5.92 Å². The van der Waals surface area contributed by atoms with Gasteiger partial charge in [-0.3, -0.25) is 4.79 Å². The highest BCUT2D eigenvalue weighted by Crippen LogP contribution is 2.22. The fourth-order valence-electron chi connectivity index (χ4n) is 1.49. The monoisotopic (exact) mass is 185 g/mol. The summed E-state index contributed by atoms with van der Waals surface area (Å²) in [5, 5.41) is 0. The number of ether oxygens (including phenoxy) is 1. The van der Waals surface area contributed by atoms with Crippen LogP contribution in [0.3, 0.4) is 0 Å². The summed E-state index contributed by atoms with van der Waals surface area (Å²) >= 11 is 0. The SMILES string of the molecule is CC(N)C(C)C(=O)OC1CCCC1. The average Bonchev–Trinajstić information content (AvgIpc) is 2.55. The number of hydrogen-bond acceptors (Lipinski definition) is 3. The van der Waals surface area contributed by atoms with Crippen LogP contribution in [0.4, 0.5) is 0 Å². The maximum Gasteiger partial charge on any atom is 0.310 e. The second-order valence-corrected chi connectivity index (χ2v) is 3.99. The summed E-state index contributed by atoms with van der Waals surface area (Å²) < 4.78 is 5.32. The molecule has 2 atom stereocenters. The van der Waals surface area contributed by atoms with Crippen LogP contribution in [0.15, 0.2) is 0 Å². The van der Waals surface area contributed by atoms with Gasteiger partial charge in [-0.15, -0.1) is 0 Å². The van der Waals surface area contributed by atoms with E-state index in [0.29, 0.717) is 0 Å². The van der Waals surface area contributed by atoms with E-state index in [-0.39, 0.29) is 24.0 Å². The van der Waals surface area contributed by atoms with Crippen molar-refractivity contribution >= 4 is 5.97 Å². The molecule has 1 aliphatic carbocycles. The van der Waals surface area contributed by atoms with Crippen LogP contribution in [-0.2, 0) is 9.53 Å². The molecule has 0 aliphatic heterocycles. The smallest absolute Gasteiger partial charge is 0.310 e. The molecule has 1 rings (SSSR count). The van der Waals surface area contributed by atoms with Gasteiger partial charge in [0.15, 0.2) is 0 Å². The Morgan fingerprint density at radius 2 is 1.92 bits per heavy atom. The minimum absolute atomic E-state index is 0.117. The number of hydrogen-bond donors (Lipinski definition) is 1. The van der Waals surface area contributed by atoms with E-state index < -0.39 is 0 Å². The molecule has 1 aliphatic rings. The van der Waals surface area contributed by atoms with Gasteiger partial charge in [-0.05, 0) is 32.6 Å². The lowest BCUT2D eigenvalue weighted by Gasteiger charge is -2.17. The molecule has 1 saturated carbocycles. The molecule has 0 aromatic carbocycles. The molecule has 0 heterocycles. The highest BCUT2D eigenvalue weighted by Gasteiger charge is 2.24. The molecule has 0 aromatic rings. The number of rotatable bonds is 3. The Morgan fingerprint density at radius 3 is 2.38 bits per heavy atom. The Bertz CT molecular complexity index is 174. The van der Waals surface area contributed by atoms with Crippen LogP contribution in [0.25, 0.3) is 0 Å². The fourth-order valence-corrected chi connectivity index (χ4v) is 1.49. The van der Waals surface area contributed by atoms with Gasteiger partial charge in [0, 0.05) is 6.04 Å². The first kappa shape index (κ1) is 10.5. The van der Waals surface area contributed by atoms with Crippen molar-refractivity contribution in [2.45, 2.75) is 51.7 Å². The summed E-state index contributed by atoms with van der Waals surface area (Å²) in [4.78, 5) is 11.4. The number of nitrogens with two attached hydrogens (primary N) is 1. The number of esters is 1. The van der Waals surface area contributed by atoms with E-state index in [9.17, 15) is 4.79 Å². The van der Waals surface area contributed by atoms with Crippen molar-refractivity contribution in [1.29, 1.82) is 0 Å². The molecule has 0 amide bonds. The second kappa shape index (κ2) is 4.61. The first-order valence-electron chi connectivity index (χ1n) is 5.07. The van der Waals surface area contributed by atoms with Crippen LogP contribution in [0.5, 0.6) is 0 Å². The zero-order valence-electron chi connectivity index (χ0n) is 8.45. The molecule has 2 unspecified atom stereocenters. The third kappa shape index (κ3) is 2.99. The van der Waals surface area contributed by atoms with Crippen molar-refractivity contribution in [3.63, 3.8) is 0 Å². The predicted octanol–water partition coefficient (Wildman–Crippen LogP) is 1.46. The van der Waals surface area contributed by atoms with Crippen molar-refractivity contribution in [2.24, 2.45) is 11.7 Å². The van der Waals surface area contributed by atoms with Crippen molar-refractivity contribution < 1.29 is 9.53 Å². The van der Waals surface area contributed by atoms with E-state index in [2.05, 4.69) is 0 Å². The van der Waals surface area contributed by atoms with Crippen LogP contribution in [0.2, 0.25) is 0 Å². The van der Waals surface area contributed by atoms with Crippen molar-refractivity contribution in [2.75, 3.05) is 0 Å². The Hall–Kier alpha value is -0.570. The van der Waals surface area contributed by atoms with Gasteiger partial charge in [-0.2, -0.15) is 0 Å². The van der Waals surface area contributed by atoms with Crippen molar-refractivity contribution in [1.82, 2.24) is 0 Å². The molecule has 3 heteroatoms. The standard InChI is InChI=1S/C10H19NO2/c1-7(8(2)11)10(12)13-9-5-3-4-6-9/h7-9H,3-6,11H2,1-2H3. The van der Waals surface area contributed by atoms with Crippen LogP contribution in [-0.4, -0.2) is 18.1 Å². The molecule has 0 radical (unpaired) electrons. The molecule has 3 nitrogen and oxygen atoms in total. The lowest BCUT2D eigenvalue weighted by Crippen LogP contribution is -2.33. The molecule has 76 valence electrons. The molecule has 13 heavy (non-hydrogen) atoms. The summed E-state index contributed by atoms with van der Waals surface area (Å²) in [5.41, 5.74) is 5.61. The fraction of sp³-hybridized carbons (Fsp3) is 0.900. The highest BCUT2D eigenvalue weighted by molar-refractivity contribution is 5.72. The maximum atomic E-state index is 11.4. The minimum atomic E-state index is -0.180. The quantitative estimate of drug-likeness (QED) is 0.677. The molecule has 0 bridgehead atoms. The van der Waals surface area contributed by atoms with Gasteiger partial charge in [0.1, 0.15) is 6.10 Å². The van der Waals surface area contributed by atoms with E-state index in [1.807, 2.05) is 13.8 Å². The van der Waals surface area contributed by atoms with Gasteiger partial charge >= 0.3 is 5.97 Å². The predicted molar refractivity (Wildman–Crippen MR) is 51.2 cm³/mol. The first-order valence-corrected chi connectivity index (χ1v) is 5.07. The summed E-state index contributed by atoms with van der Waals surface area (Å²) in [7, 11) is 0. The highest BCUT2D eigenvalue weighted by atomic mass is 16.5. The molecule has 0 spiro atoms. The van der Waals surface area contributed by atoms with Gasteiger partial charge in [0.05, 0.1) is 5.92 Å². The van der Waals surface area contributed by atoms with Crippen LogP contribution < -0.4 is 5.73 Å². The van der Waals surface area contributed by atoms with E-state index in [4.69, 9.17) is 10.5 Å². The van der Waals surface area contributed by atoms with Gasteiger partial charge in [-0.25, -0.2) is 0 Å². The summed E-state index contributed by atoms with van der Waals surface area (Å²) in [5.74, 6) is -0.317. The van der Waals surface area contributed by atoms with Gasteiger partial charge < -0.3 is 10.5 Å². The zero-order chi connectivity index (χ0) is 9.84. The minimum Gasteiger partial charge on any atom is -0.462 e. The molecular formula is C10H19NO2. The van der Waals surface area contributed by atoms with Crippen LogP contribution >= 0.6 is 0 Å². The van der Waals surface area contributed by atoms with Gasteiger partial charge in [0.25, 0.3) is 0 Å². The van der Waals surface area contributed by atoms with Crippen molar-refractivity contribution in [3.05, 3.63) is 0 Å². The zero-order valence-corrected chi connectivity index (χ0v) is 8.45. The first-order chi connectivity index (χ1) is 6.11. The van der Waals surface area contributed by atoms with Crippen molar-refractivity contribution in [3.8, 4) is 0 Å². The van der Waals surface area contributed by atoms with Crippen LogP contribution in [0.1, 0.15) is 39.5 Å². The summed E-state index contributed by atoms with van der Waals surface area (Å²) in [6, 6.07) is -0.117. The molecule has 1 fully saturated rings.